The van der Waals surface area contributed by atoms with E-state index in [1.807, 2.05) is 6.92 Å². The number of ether oxygens (including phenoxy) is 1. The molecule has 0 saturated carbocycles. The number of hydrogen-bond donors (Lipinski definition) is 4. The first kappa shape index (κ1) is 19.5. The van der Waals surface area contributed by atoms with E-state index in [1.165, 1.54) is 6.08 Å². The molecular formula is C20H24N2O4. The monoisotopic (exact) mass is 356 g/mol. The molecule has 2 atom stereocenters. The van der Waals surface area contributed by atoms with Crippen LogP contribution in [-0.2, 0) is 4.79 Å². The maximum atomic E-state index is 12.0. The van der Waals surface area contributed by atoms with Gasteiger partial charge in [0.05, 0.1) is 24.1 Å². The standard InChI is InChI=1S/C20H24N2O4/c1-14(9-10-19(24)22-18-8-3-2-7-17(18)21)20(25)15-5-4-6-16(13-15)26-12-11-23/h2-10,13-14,20,23,25H,11-12,21H2,1H3,(H,22,24)/b10-9+/t14-,20+/m1/s1. The summed E-state index contributed by atoms with van der Waals surface area (Å²) in [5, 5.41) is 22.0. The number of carbonyl (C=O) groups excluding carboxylic acids is 1. The Morgan fingerprint density at radius 3 is 2.77 bits per heavy atom. The maximum absolute atomic E-state index is 12.0. The van der Waals surface area contributed by atoms with Gasteiger partial charge in [-0.15, -0.1) is 0 Å². The van der Waals surface area contributed by atoms with E-state index in [4.69, 9.17) is 15.6 Å². The molecule has 0 saturated heterocycles. The van der Waals surface area contributed by atoms with Crippen molar-refractivity contribution in [1.82, 2.24) is 0 Å². The van der Waals surface area contributed by atoms with Crippen LogP contribution >= 0.6 is 0 Å². The van der Waals surface area contributed by atoms with Crippen LogP contribution in [0.25, 0.3) is 0 Å². The molecule has 0 heterocycles. The smallest absolute Gasteiger partial charge is 0.248 e. The van der Waals surface area contributed by atoms with Crippen LogP contribution in [0.2, 0.25) is 0 Å². The minimum atomic E-state index is -0.793. The zero-order chi connectivity index (χ0) is 18.9. The van der Waals surface area contributed by atoms with Gasteiger partial charge >= 0.3 is 0 Å². The topological polar surface area (TPSA) is 105 Å². The van der Waals surface area contributed by atoms with E-state index < -0.39 is 6.10 Å². The van der Waals surface area contributed by atoms with Crippen molar-refractivity contribution >= 4 is 17.3 Å². The molecule has 6 heteroatoms. The van der Waals surface area contributed by atoms with E-state index in [0.29, 0.717) is 22.7 Å². The largest absolute Gasteiger partial charge is 0.491 e. The fourth-order valence-electron chi connectivity index (χ4n) is 2.39. The summed E-state index contributed by atoms with van der Waals surface area (Å²) in [6.45, 7) is 1.93. The van der Waals surface area contributed by atoms with Gasteiger partial charge in [-0.05, 0) is 35.9 Å². The molecule has 0 radical (unpaired) electrons. The van der Waals surface area contributed by atoms with Crippen LogP contribution in [0.1, 0.15) is 18.6 Å². The molecule has 0 unspecified atom stereocenters. The fraction of sp³-hybridized carbons (Fsp3) is 0.250. The molecule has 0 fully saturated rings. The van der Waals surface area contributed by atoms with Crippen molar-refractivity contribution in [3.8, 4) is 5.75 Å². The van der Waals surface area contributed by atoms with Gasteiger partial charge in [0, 0.05) is 5.92 Å². The van der Waals surface area contributed by atoms with Gasteiger partial charge in [0.2, 0.25) is 5.91 Å². The first-order valence-corrected chi connectivity index (χ1v) is 8.36. The zero-order valence-corrected chi connectivity index (χ0v) is 14.6. The number of carbonyl (C=O) groups is 1. The molecule has 0 aromatic heterocycles. The average molecular weight is 356 g/mol. The minimum absolute atomic E-state index is 0.0764. The Morgan fingerprint density at radius 2 is 2.04 bits per heavy atom. The summed E-state index contributed by atoms with van der Waals surface area (Å²) in [6.07, 6.45) is 2.23. The number of para-hydroxylation sites is 2. The molecular weight excluding hydrogens is 332 g/mol. The second-order valence-electron chi connectivity index (χ2n) is 5.88. The highest BCUT2D eigenvalue weighted by molar-refractivity contribution is 6.01. The number of aliphatic hydroxyl groups excluding tert-OH is 2. The molecule has 0 aliphatic carbocycles. The number of rotatable bonds is 8. The molecule has 1 amide bonds. The highest BCUT2D eigenvalue weighted by Crippen LogP contribution is 2.26. The van der Waals surface area contributed by atoms with E-state index in [2.05, 4.69) is 5.32 Å². The lowest BCUT2D eigenvalue weighted by atomic mass is 9.97. The van der Waals surface area contributed by atoms with Crippen molar-refractivity contribution in [2.75, 3.05) is 24.3 Å². The van der Waals surface area contributed by atoms with Gasteiger partial charge in [-0.25, -0.2) is 0 Å². The molecule has 2 aromatic rings. The highest BCUT2D eigenvalue weighted by atomic mass is 16.5. The lowest BCUT2D eigenvalue weighted by molar-refractivity contribution is -0.111. The Balaban J connectivity index is 1.97. The van der Waals surface area contributed by atoms with Crippen LogP contribution in [-0.4, -0.2) is 29.3 Å². The normalized spacial score (nSPS) is 13.3. The molecule has 5 N–H and O–H groups in total. The molecule has 0 aliphatic rings. The number of nitrogen functional groups attached to an aromatic ring is 1. The summed E-state index contributed by atoms with van der Waals surface area (Å²) < 4.78 is 5.35. The SMILES string of the molecule is C[C@H](/C=C/C(=O)Nc1ccccc1N)[C@H](O)c1cccc(OCCO)c1. The second kappa shape index (κ2) is 9.60. The van der Waals surface area contributed by atoms with Gasteiger partial charge in [0.25, 0.3) is 0 Å². The average Bonchev–Trinajstić information content (AvgIpc) is 2.66. The van der Waals surface area contributed by atoms with E-state index >= 15 is 0 Å². The minimum Gasteiger partial charge on any atom is -0.491 e. The quantitative estimate of drug-likeness (QED) is 0.430. The van der Waals surface area contributed by atoms with E-state index in [-0.39, 0.29) is 25.0 Å². The Kier molecular flexibility index (Phi) is 7.20. The first-order chi connectivity index (χ1) is 12.5. The Labute approximate surface area is 152 Å². The summed E-state index contributed by atoms with van der Waals surface area (Å²) >= 11 is 0. The highest BCUT2D eigenvalue weighted by Gasteiger charge is 2.15. The molecule has 0 aliphatic heterocycles. The Bertz CT molecular complexity index is 761. The first-order valence-electron chi connectivity index (χ1n) is 8.36. The number of nitrogens with two attached hydrogens (primary N) is 1. The fourth-order valence-corrected chi connectivity index (χ4v) is 2.39. The predicted molar refractivity (Wildman–Crippen MR) is 102 cm³/mol. The van der Waals surface area contributed by atoms with Gasteiger partial charge in [-0.3, -0.25) is 4.79 Å². The Morgan fingerprint density at radius 1 is 1.27 bits per heavy atom. The lowest BCUT2D eigenvalue weighted by Gasteiger charge is -2.17. The molecule has 2 rings (SSSR count). The number of aliphatic hydroxyl groups is 2. The maximum Gasteiger partial charge on any atom is 0.248 e. The summed E-state index contributed by atoms with van der Waals surface area (Å²) in [5.41, 5.74) is 7.50. The van der Waals surface area contributed by atoms with Gasteiger partial charge < -0.3 is 26.0 Å². The third-order valence-electron chi connectivity index (χ3n) is 3.83. The van der Waals surface area contributed by atoms with E-state index in [9.17, 15) is 9.90 Å². The van der Waals surface area contributed by atoms with Crippen molar-refractivity contribution < 1.29 is 19.7 Å². The molecule has 0 bridgehead atoms. The van der Waals surface area contributed by atoms with Crippen LogP contribution in [0, 0.1) is 5.92 Å². The third kappa shape index (κ3) is 5.61. The number of nitrogens with one attached hydrogen (secondary N) is 1. The van der Waals surface area contributed by atoms with Crippen LogP contribution in [0.4, 0.5) is 11.4 Å². The summed E-state index contributed by atoms with van der Waals surface area (Å²) in [7, 11) is 0. The van der Waals surface area contributed by atoms with Crippen molar-refractivity contribution in [2.45, 2.75) is 13.0 Å². The van der Waals surface area contributed by atoms with Crippen molar-refractivity contribution in [2.24, 2.45) is 5.92 Å². The summed E-state index contributed by atoms with van der Waals surface area (Å²) in [5.74, 6) is -0.0342. The van der Waals surface area contributed by atoms with E-state index in [0.717, 1.165) is 0 Å². The van der Waals surface area contributed by atoms with Crippen LogP contribution < -0.4 is 15.8 Å². The van der Waals surface area contributed by atoms with Gasteiger partial charge in [-0.2, -0.15) is 0 Å². The lowest BCUT2D eigenvalue weighted by Crippen LogP contribution is -2.12. The van der Waals surface area contributed by atoms with Gasteiger partial charge in [0.15, 0.2) is 0 Å². The van der Waals surface area contributed by atoms with Crippen molar-refractivity contribution in [1.29, 1.82) is 0 Å². The van der Waals surface area contributed by atoms with Crippen LogP contribution in [0.15, 0.2) is 60.7 Å². The molecule has 138 valence electrons. The van der Waals surface area contributed by atoms with Crippen LogP contribution in [0.5, 0.6) is 5.75 Å². The van der Waals surface area contributed by atoms with Gasteiger partial charge in [0.1, 0.15) is 12.4 Å². The molecule has 6 nitrogen and oxygen atoms in total. The van der Waals surface area contributed by atoms with Crippen LogP contribution in [0.3, 0.4) is 0 Å². The molecule has 2 aromatic carbocycles. The zero-order valence-electron chi connectivity index (χ0n) is 14.6. The molecule has 0 spiro atoms. The summed E-state index contributed by atoms with van der Waals surface area (Å²) in [4.78, 5) is 12.0. The second-order valence-corrected chi connectivity index (χ2v) is 5.88. The number of amides is 1. The Hall–Kier alpha value is -2.83. The number of anilines is 2. The van der Waals surface area contributed by atoms with E-state index in [1.54, 1.807) is 54.6 Å². The predicted octanol–water partition coefficient (Wildman–Crippen LogP) is 2.50. The number of benzene rings is 2. The molecule has 26 heavy (non-hydrogen) atoms. The van der Waals surface area contributed by atoms with Gasteiger partial charge in [-0.1, -0.05) is 37.3 Å². The summed E-state index contributed by atoms with van der Waals surface area (Å²) in [6, 6.07) is 14.0. The van der Waals surface area contributed by atoms with Crippen molar-refractivity contribution in [3.63, 3.8) is 0 Å². The number of hydrogen-bond acceptors (Lipinski definition) is 5. The third-order valence-corrected chi connectivity index (χ3v) is 3.83. The van der Waals surface area contributed by atoms with Crippen molar-refractivity contribution in [3.05, 3.63) is 66.2 Å².